The van der Waals surface area contributed by atoms with Gasteiger partial charge in [0.25, 0.3) is 0 Å². The number of carbonyl (C=O) groups excluding carboxylic acids is 1. The largest absolute Gasteiger partial charge is 0.460 e. The maximum atomic E-state index is 12.7. The fraction of sp³-hybridized carbons (Fsp3) is 0.861. The summed E-state index contributed by atoms with van der Waals surface area (Å²) in [6, 6.07) is 0. The molecule has 0 aromatic rings. The van der Waals surface area contributed by atoms with E-state index in [1.54, 1.807) is 7.11 Å². The Kier molecular flexibility index (Phi) is 17.5. The Morgan fingerprint density at radius 3 is 2.00 bits per heavy atom. The number of rotatable bonds is 23. The van der Waals surface area contributed by atoms with Gasteiger partial charge in [-0.3, -0.25) is 4.79 Å². The molecular formula is C36H64O5. The summed E-state index contributed by atoms with van der Waals surface area (Å²) in [7, 11) is 1.72. The molecule has 0 amide bonds. The van der Waals surface area contributed by atoms with Gasteiger partial charge in [0.15, 0.2) is 0 Å². The van der Waals surface area contributed by atoms with Gasteiger partial charge in [0, 0.05) is 19.4 Å². The van der Waals surface area contributed by atoms with Crippen LogP contribution in [0.1, 0.15) is 150 Å². The van der Waals surface area contributed by atoms with Crippen LogP contribution in [0, 0.1) is 5.92 Å². The zero-order valence-corrected chi connectivity index (χ0v) is 27.6. The molecule has 0 aromatic carbocycles. The number of esters is 1. The number of carbonyl (C=O) groups is 1. The molecule has 41 heavy (non-hydrogen) atoms. The second-order valence-electron chi connectivity index (χ2n) is 13.3. The lowest BCUT2D eigenvalue weighted by Crippen LogP contribution is -2.58. The number of allylic oxidation sites excluding steroid dienone is 3. The van der Waals surface area contributed by atoms with E-state index in [2.05, 4.69) is 52.8 Å². The van der Waals surface area contributed by atoms with Crippen LogP contribution in [-0.4, -0.2) is 49.7 Å². The van der Waals surface area contributed by atoms with E-state index in [0.29, 0.717) is 13.0 Å². The Hall–Kier alpha value is -1.17. The normalized spacial score (nSPS) is 24.2. The van der Waals surface area contributed by atoms with Crippen molar-refractivity contribution in [2.45, 2.75) is 174 Å². The van der Waals surface area contributed by atoms with E-state index in [-0.39, 0.29) is 29.7 Å². The first-order valence-electron chi connectivity index (χ1n) is 17.0. The van der Waals surface area contributed by atoms with Gasteiger partial charge in [-0.1, -0.05) is 94.9 Å². The average Bonchev–Trinajstić information content (AvgIpc) is 3.70. The van der Waals surface area contributed by atoms with Crippen LogP contribution in [0.4, 0.5) is 0 Å². The summed E-state index contributed by atoms with van der Waals surface area (Å²) in [5.41, 5.74) is 0.545. The first kappa shape index (κ1) is 36.0. The van der Waals surface area contributed by atoms with Crippen LogP contribution in [0.25, 0.3) is 0 Å². The van der Waals surface area contributed by atoms with Crippen molar-refractivity contribution in [1.82, 2.24) is 0 Å². The molecule has 2 rings (SSSR count). The molecule has 1 saturated heterocycles. The number of ether oxygens (including phenoxy) is 4. The fourth-order valence-electron chi connectivity index (χ4n) is 6.51. The van der Waals surface area contributed by atoms with E-state index < -0.39 is 5.60 Å². The highest BCUT2D eigenvalue weighted by Gasteiger charge is 2.64. The van der Waals surface area contributed by atoms with Crippen molar-refractivity contribution < 1.29 is 23.7 Å². The SMILES string of the molecule is CCCCCCCCCCCCC/C=C/CCCCC(=O)O[C@@H]1CC[C@]2(CO2)[C@@H](C(C)(C)OCC=C(C)C)[C@@H]1OC. The second kappa shape index (κ2) is 19.9. The molecule has 5 nitrogen and oxygen atoms in total. The molecule has 2 fully saturated rings. The minimum Gasteiger partial charge on any atom is -0.460 e. The van der Waals surface area contributed by atoms with Crippen LogP contribution < -0.4 is 0 Å². The van der Waals surface area contributed by atoms with Gasteiger partial charge in [0.05, 0.1) is 24.4 Å². The van der Waals surface area contributed by atoms with Gasteiger partial charge in [0.2, 0.25) is 0 Å². The second-order valence-corrected chi connectivity index (χ2v) is 13.3. The Morgan fingerprint density at radius 1 is 0.902 bits per heavy atom. The number of methoxy groups -OCH3 is 1. The third kappa shape index (κ3) is 13.8. The minimum absolute atomic E-state index is 0.00238. The third-order valence-corrected chi connectivity index (χ3v) is 9.02. The molecule has 1 spiro atoms. The van der Waals surface area contributed by atoms with Crippen LogP contribution in [0.5, 0.6) is 0 Å². The predicted octanol–water partition coefficient (Wildman–Crippen LogP) is 9.67. The molecule has 1 aliphatic heterocycles. The predicted molar refractivity (Wildman–Crippen MR) is 170 cm³/mol. The minimum atomic E-state index is -0.464. The number of unbranched alkanes of at least 4 members (excludes halogenated alkanes) is 13. The van der Waals surface area contributed by atoms with Gasteiger partial charge in [0.1, 0.15) is 12.2 Å². The van der Waals surface area contributed by atoms with Crippen LogP contribution >= 0.6 is 0 Å². The highest BCUT2D eigenvalue weighted by atomic mass is 16.6. The maximum absolute atomic E-state index is 12.7. The van der Waals surface area contributed by atoms with Gasteiger partial charge in [-0.15, -0.1) is 0 Å². The summed E-state index contributed by atoms with van der Waals surface area (Å²) >= 11 is 0. The zero-order valence-electron chi connectivity index (χ0n) is 27.6. The van der Waals surface area contributed by atoms with Crippen molar-refractivity contribution >= 4 is 5.97 Å². The number of hydrogen-bond donors (Lipinski definition) is 0. The molecule has 0 aromatic heterocycles. The number of hydrogen-bond acceptors (Lipinski definition) is 5. The standard InChI is InChI=1S/C36H64O5/c1-7-8-9-10-11-12-13-14-15-16-17-18-19-20-21-22-23-24-32(37)41-31-25-27-36(29-40-36)34(33(31)38-6)35(4,5)39-28-26-30(2)3/h19-20,26,31,33-34H,7-18,21-25,27-29H2,1-6H3/b20-19+/t31-,33-,34-,36+/m1/s1. The summed E-state index contributed by atoms with van der Waals surface area (Å²) in [5.74, 6) is -0.112. The zero-order chi connectivity index (χ0) is 30.0. The van der Waals surface area contributed by atoms with Gasteiger partial charge < -0.3 is 18.9 Å². The van der Waals surface area contributed by atoms with E-state index >= 15 is 0 Å². The Balaban J connectivity index is 1.59. The lowest BCUT2D eigenvalue weighted by atomic mass is 9.68. The molecule has 0 radical (unpaired) electrons. The molecule has 5 heteroatoms. The molecule has 4 atom stereocenters. The van der Waals surface area contributed by atoms with Crippen LogP contribution in [0.2, 0.25) is 0 Å². The Bertz CT molecular complexity index is 762. The Labute approximate surface area is 253 Å². The van der Waals surface area contributed by atoms with Crippen molar-refractivity contribution in [3.8, 4) is 0 Å². The van der Waals surface area contributed by atoms with E-state index in [0.717, 1.165) is 38.7 Å². The molecule has 2 aliphatic rings. The molecular weight excluding hydrogens is 512 g/mol. The van der Waals surface area contributed by atoms with Gasteiger partial charge in [-0.2, -0.15) is 0 Å². The summed E-state index contributed by atoms with van der Waals surface area (Å²) < 4.78 is 24.3. The van der Waals surface area contributed by atoms with Crippen molar-refractivity contribution in [3.05, 3.63) is 23.8 Å². The van der Waals surface area contributed by atoms with Crippen molar-refractivity contribution in [2.24, 2.45) is 5.92 Å². The van der Waals surface area contributed by atoms with Crippen molar-refractivity contribution in [3.63, 3.8) is 0 Å². The van der Waals surface area contributed by atoms with E-state index in [9.17, 15) is 4.79 Å². The molecule has 0 unspecified atom stereocenters. The number of epoxide rings is 1. The summed E-state index contributed by atoms with van der Waals surface area (Å²) in [5, 5.41) is 0. The first-order valence-corrected chi connectivity index (χ1v) is 17.0. The molecule has 1 aliphatic carbocycles. The fourth-order valence-corrected chi connectivity index (χ4v) is 6.51. The van der Waals surface area contributed by atoms with Crippen LogP contribution in [-0.2, 0) is 23.7 Å². The first-order chi connectivity index (χ1) is 19.8. The molecule has 1 saturated carbocycles. The van der Waals surface area contributed by atoms with Gasteiger partial charge >= 0.3 is 5.97 Å². The molecule has 238 valence electrons. The molecule has 0 bridgehead atoms. The summed E-state index contributed by atoms with van der Waals surface area (Å²) in [6.07, 6.45) is 27.7. The summed E-state index contributed by atoms with van der Waals surface area (Å²) in [6.45, 7) is 11.9. The molecule has 1 heterocycles. The van der Waals surface area contributed by atoms with E-state index in [4.69, 9.17) is 18.9 Å². The maximum Gasteiger partial charge on any atom is 0.306 e. The van der Waals surface area contributed by atoms with E-state index in [1.807, 2.05) is 0 Å². The van der Waals surface area contributed by atoms with Crippen LogP contribution in [0.3, 0.4) is 0 Å². The van der Waals surface area contributed by atoms with Gasteiger partial charge in [-0.25, -0.2) is 0 Å². The highest BCUT2D eigenvalue weighted by Crippen LogP contribution is 2.52. The Morgan fingerprint density at radius 2 is 1.46 bits per heavy atom. The quantitative estimate of drug-likeness (QED) is 0.0524. The van der Waals surface area contributed by atoms with Crippen molar-refractivity contribution in [1.29, 1.82) is 0 Å². The summed E-state index contributed by atoms with van der Waals surface area (Å²) in [4.78, 5) is 12.7. The average molecular weight is 577 g/mol. The highest BCUT2D eigenvalue weighted by molar-refractivity contribution is 5.69. The van der Waals surface area contributed by atoms with Gasteiger partial charge in [-0.05, 0) is 72.6 Å². The lowest BCUT2D eigenvalue weighted by molar-refractivity contribution is -0.192. The van der Waals surface area contributed by atoms with Crippen molar-refractivity contribution in [2.75, 3.05) is 20.3 Å². The van der Waals surface area contributed by atoms with E-state index in [1.165, 1.54) is 82.6 Å². The van der Waals surface area contributed by atoms with Crippen LogP contribution in [0.15, 0.2) is 23.8 Å². The third-order valence-electron chi connectivity index (χ3n) is 9.02. The smallest absolute Gasteiger partial charge is 0.306 e. The molecule has 0 N–H and O–H groups in total. The topological polar surface area (TPSA) is 57.3 Å². The lowest BCUT2D eigenvalue weighted by Gasteiger charge is -2.47. The monoisotopic (exact) mass is 576 g/mol.